The van der Waals surface area contributed by atoms with Gasteiger partial charge in [0.1, 0.15) is 11.2 Å². The normalized spacial score (nSPS) is 16.9. The van der Waals surface area contributed by atoms with Gasteiger partial charge in [0.05, 0.1) is 5.69 Å². The highest BCUT2D eigenvalue weighted by molar-refractivity contribution is 6.11. The van der Waals surface area contributed by atoms with Crippen LogP contribution in [0.25, 0.3) is 33.1 Å². The van der Waals surface area contributed by atoms with Gasteiger partial charge in [0.15, 0.2) is 0 Å². The Morgan fingerprint density at radius 3 is 2.28 bits per heavy atom. The molecule has 0 bridgehead atoms. The summed E-state index contributed by atoms with van der Waals surface area (Å²) in [5, 5.41) is 2.27. The molecular formula is C30H29NO. The molecule has 4 aromatic rings. The third kappa shape index (κ3) is 3.36. The molecule has 2 heteroatoms. The fraction of sp³-hybridized carbons (Fsp3) is 0.200. The largest absolute Gasteiger partial charge is 0.455 e. The molecule has 160 valence electrons. The maximum absolute atomic E-state index is 6.35. The molecule has 32 heavy (non-hydrogen) atoms. The van der Waals surface area contributed by atoms with Crippen LogP contribution in [-0.4, -0.2) is 6.04 Å². The van der Waals surface area contributed by atoms with Gasteiger partial charge in [0.25, 0.3) is 0 Å². The first-order valence-electron chi connectivity index (χ1n) is 11.4. The van der Waals surface area contributed by atoms with Gasteiger partial charge in [-0.25, -0.2) is 0 Å². The van der Waals surface area contributed by atoms with E-state index in [1.54, 1.807) is 0 Å². The first-order valence-corrected chi connectivity index (χ1v) is 11.4. The summed E-state index contributed by atoms with van der Waals surface area (Å²) in [6.07, 6.45) is 6.54. The minimum absolute atomic E-state index is 0.278. The Morgan fingerprint density at radius 2 is 1.56 bits per heavy atom. The van der Waals surface area contributed by atoms with E-state index < -0.39 is 0 Å². The zero-order valence-corrected chi connectivity index (χ0v) is 19.2. The standard InChI is InChI=1S/C30H29NO/c1-19(2)22-12-14-23(15-13-22)24-11-10-21(5)29-27(31(18-24)20(3)4)17-16-26-25-8-6-7-9-28(25)32-30(26)29/h6-20H,5H2,1-4H3/b11-10-,24-18+. The zero-order chi connectivity index (χ0) is 22.4. The summed E-state index contributed by atoms with van der Waals surface area (Å²) >= 11 is 0. The Labute approximate surface area is 190 Å². The maximum Gasteiger partial charge on any atom is 0.145 e. The molecule has 5 rings (SSSR count). The number of furan rings is 1. The lowest BCUT2D eigenvalue weighted by atomic mass is 9.95. The van der Waals surface area contributed by atoms with Crippen molar-refractivity contribution in [2.24, 2.45) is 0 Å². The van der Waals surface area contributed by atoms with E-state index in [1.807, 2.05) is 12.1 Å². The predicted octanol–water partition coefficient (Wildman–Crippen LogP) is 8.55. The van der Waals surface area contributed by atoms with E-state index in [2.05, 4.69) is 106 Å². The van der Waals surface area contributed by atoms with E-state index in [9.17, 15) is 0 Å². The molecule has 0 spiro atoms. The van der Waals surface area contributed by atoms with Crippen LogP contribution in [-0.2, 0) is 0 Å². The van der Waals surface area contributed by atoms with Gasteiger partial charge in [-0.15, -0.1) is 0 Å². The van der Waals surface area contributed by atoms with Crippen molar-refractivity contribution in [3.63, 3.8) is 0 Å². The molecule has 0 radical (unpaired) electrons. The number of rotatable bonds is 3. The third-order valence-electron chi connectivity index (χ3n) is 6.33. The SMILES string of the molecule is C=C1/C=C\C(c2ccc(C(C)C)cc2)=C/N(C(C)C)c2ccc3c(oc4ccccc43)c21. The second kappa shape index (κ2) is 7.87. The molecule has 1 aliphatic rings. The summed E-state index contributed by atoms with van der Waals surface area (Å²) in [7, 11) is 0. The number of benzene rings is 3. The van der Waals surface area contributed by atoms with Crippen LogP contribution in [0.1, 0.15) is 50.3 Å². The Hall–Kier alpha value is -3.52. The lowest BCUT2D eigenvalue weighted by molar-refractivity contribution is 0.667. The van der Waals surface area contributed by atoms with Crippen LogP contribution in [0.4, 0.5) is 5.69 Å². The molecule has 3 aromatic carbocycles. The number of anilines is 1. The van der Waals surface area contributed by atoms with Gasteiger partial charge >= 0.3 is 0 Å². The molecule has 0 saturated heterocycles. The van der Waals surface area contributed by atoms with Gasteiger partial charge in [0, 0.05) is 28.6 Å². The third-order valence-corrected chi connectivity index (χ3v) is 6.33. The van der Waals surface area contributed by atoms with Gasteiger partial charge in [0.2, 0.25) is 0 Å². The molecule has 0 saturated carbocycles. The summed E-state index contributed by atoms with van der Waals surface area (Å²) in [5.41, 5.74) is 8.69. The fourth-order valence-electron chi connectivity index (χ4n) is 4.50. The van der Waals surface area contributed by atoms with Gasteiger partial charge in [-0.3, -0.25) is 0 Å². The van der Waals surface area contributed by atoms with Crippen molar-refractivity contribution >= 4 is 38.8 Å². The first kappa shape index (κ1) is 20.4. The summed E-state index contributed by atoms with van der Waals surface area (Å²) in [5.74, 6) is 0.524. The van der Waals surface area contributed by atoms with Crippen LogP contribution in [0.2, 0.25) is 0 Å². The van der Waals surface area contributed by atoms with Gasteiger partial charge in [-0.05, 0) is 60.2 Å². The molecular weight excluding hydrogens is 390 g/mol. The van der Waals surface area contributed by atoms with Crippen molar-refractivity contribution in [2.45, 2.75) is 39.7 Å². The fourth-order valence-corrected chi connectivity index (χ4v) is 4.50. The van der Waals surface area contributed by atoms with E-state index in [-0.39, 0.29) is 6.04 Å². The summed E-state index contributed by atoms with van der Waals surface area (Å²) in [4.78, 5) is 2.34. The lowest BCUT2D eigenvalue weighted by Crippen LogP contribution is -2.26. The van der Waals surface area contributed by atoms with E-state index >= 15 is 0 Å². The Bertz CT molecular complexity index is 1380. The van der Waals surface area contributed by atoms with Crippen molar-refractivity contribution < 1.29 is 4.42 Å². The van der Waals surface area contributed by atoms with Crippen molar-refractivity contribution in [1.29, 1.82) is 0 Å². The minimum Gasteiger partial charge on any atom is -0.455 e. The molecule has 0 aliphatic carbocycles. The highest BCUT2D eigenvalue weighted by Crippen LogP contribution is 2.41. The average molecular weight is 420 g/mol. The van der Waals surface area contributed by atoms with E-state index in [0.29, 0.717) is 5.92 Å². The van der Waals surface area contributed by atoms with Crippen LogP contribution >= 0.6 is 0 Å². The van der Waals surface area contributed by atoms with Crippen LogP contribution in [0.15, 0.2) is 90.0 Å². The zero-order valence-electron chi connectivity index (χ0n) is 19.2. The maximum atomic E-state index is 6.35. The van der Waals surface area contributed by atoms with Gasteiger partial charge in [-0.2, -0.15) is 0 Å². The number of fused-ring (bicyclic) bond motifs is 5. The van der Waals surface area contributed by atoms with Crippen LogP contribution in [0, 0.1) is 0 Å². The van der Waals surface area contributed by atoms with E-state index in [1.165, 1.54) is 16.7 Å². The number of allylic oxidation sites excluding steroid dienone is 4. The Balaban J connectivity index is 1.70. The smallest absolute Gasteiger partial charge is 0.145 e. The molecule has 2 nitrogen and oxygen atoms in total. The molecule has 0 N–H and O–H groups in total. The quantitative estimate of drug-likeness (QED) is 0.331. The molecule has 2 heterocycles. The monoisotopic (exact) mass is 419 g/mol. The van der Waals surface area contributed by atoms with Crippen LogP contribution < -0.4 is 4.90 Å². The summed E-state index contributed by atoms with van der Waals surface area (Å²) < 4.78 is 6.35. The second-order valence-corrected chi connectivity index (χ2v) is 9.16. The van der Waals surface area contributed by atoms with E-state index in [4.69, 9.17) is 4.42 Å². The van der Waals surface area contributed by atoms with Crippen LogP contribution in [0.5, 0.6) is 0 Å². The number of hydrogen-bond donors (Lipinski definition) is 0. The summed E-state index contributed by atoms with van der Waals surface area (Å²) in [6.45, 7) is 13.3. The van der Waals surface area contributed by atoms with Crippen LogP contribution in [0.3, 0.4) is 0 Å². The Morgan fingerprint density at radius 1 is 0.812 bits per heavy atom. The highest BCUT2D eigenvalue weighted by Gasteiger charge is 2.22. The molecule has 1 aliphatic heterocycles. The average Bonchev–Trinajstić information content (AvgIpc) is 3.15. The van der Waals surface area contributed by atoms with Crippen molar-refractivity contribution in [1.82, 2.24) is 0 Å². The molecule has 0 unspecified atom stereocenters. The molecule has 0 atom stereocenters. The molecule has 1 aromatic heterocycles. The Kier molecular flexibility index (Phi) is 5.01. The summed E-state index contributed by atoms with van der Waals surface area (Å²) in [6, 6.07) is 21.8. The number of hydrogen-bond acceptors (Lipinski definition) is 2. The van der Waals surface area contributed by atoms with Gasteiger partial charge < -0.3 is 9.32 Å². The highest BCUT2D eigenvalue weighted by atomic mass is 16.3. The molecule has 0 amide bonds. The van der Waals surface area contributed by atoms with E-state index in [0.717, 1.165) is 38.8 Å². The van der Waals surface area contributed by atoms with Gasteiger partial charge in [-0.1, -0.05) is 75.0 Å². The lowest BCUT2D eigenvalue weighted by Gasteiger charge is -2.30. The topological polar surface area (TPSA) is 16.4 Å². The van der Waals surface area contributed by atoms with Crippen molar-refractivity contribution in [3.05, 3.63) is 102 Å². The molecule has 0 fully saturated rings. The number of nitrogens with zero attached hydrogens (tertiary/aromatic N) is 1. The predicted molar refractivity (Wildman–Crippen MR) is 138 cm³/mol. The second-order valence-electron chi connectivity index (χ2n) is 9.16. The number of para-hydroxylation sites is 1. The first-order chi connectivity index (χ1) is 15.4. The van der Waals surface area contributed by atoms with Crippen molar-refractivity contribution in [2.75, 3.05) is 4.90 Å². The van der Waals surface area contributed by atoms with Crippen molar-refractivity contribution in [3.8, 4) is 0 Å². The minimum atomic E-state index is 0.278.